The lowest BCUT2D eigenvalue weighted by molar-refractivity contribution is 0.0993. The molecule has 2 rings (SSSR count). The predicted molar refractivity (Wildman–Crippen MR) is 92.0 cm³/mol. The Morgan fingerprint density at radius 3 is 2.08 bits per heavy atom. The number of nitrogens with zero attached hydrogens (tertiary/aromatic N) is 4. The van der Waals surface area contributed by atoms with E-state index in [-0.39, 0.29) is 4.90 Å². The molecular formula is C16H17N5O3S. The number of benzene rings is 2. The molecule has 2 N–H and O–H groups in total. The first kappa shape index (κ1) is 18.6. The van der Waals surface area contributed by atoms with Gasteiger partial charge in [-0.2, -0.15) is 0 Å². The monoisotopic (exact) mass is 359 g/mol. The molecule has 0 fully saturated rings. The van der Waals surface area contributed by atoms with Gasteiger partial charge in [0.05, 0.1) is 10.6 Å². The van der Waals surface area contributed by atoms with Gasteiger partial charge in [0.1, 0.15) is 0 Å². The standard InChI is InChI=1S/C16H17N5O3S/c1-11(2)12-3-5-13(6-4-12)16(22)19-21-20-18-14-7-9-15(10-8-14)25(17,23)24/h3-11H,1-2H3,(H2,17,23,24). The van der Waals surface area contributed by atoms with Crippen LogP contribution in [0.2, 0.25) is 0 Å². The van der Waals surface area contributed by atoms with Gasteiger partial charge >= 0.3 is 0 Å². The van der Waals surface area contributed by atoms with Gasteiger partial charge in [-0.3, -0.25) is 4.79 Å². The summed E-state index contributed by atoms with van der Waals surface area (Å²) in [6, 6.07) is 12.5. The molecule has 0 aliphatic rings. The van der Waals surface area contributed by atoms with Gasteiger partial charge in [0, 0.05) is 5.56 Å². The van der Waals surface area contributed by atoms with Crippen LogP contribution in [-0.2, 0) is 10.0 Å². The van der Waals surface area contributed by atoms with Crippen LogP contribution in [0.1, 0.15) is 35.7 Å². The van der Waals surface area contributed by atoms with Crippen LogP contribution in [-0.4, -0.2) is 14.3 Å². The summed E-state index contributed by atoms with van der Waals surface area (Å²) < 4.78 is 22.3. The zero-order valence-corrected chi connectivity index (χ0v) is 14.5. The normalized spacial score (nSPS) is 12.3. The van der Waals surface area contributed by atoms with Crippen LogP contribution in [0, 0.1) is 0 Å². The fourth-order valence-corrected chi connectivity index (χ4v) is 2.42. The summed E-state index contributed by atoms with van der Waals surface area (Å²) in [4.78, 5) is 11.8. The van der Waals surface area contributed by atoms with Gasteiger partial charge in [0.15, 0.2) is 0 Å². The zero-order valence-electron chi connectivity index (χ0n) is 13.7. The number of nitrogens with two attached hydrogens (primary N) is 1. The van der Waals surface area contributed by atoms with E-state index in [2.05, 4.69) is 34.5 Å². The third-order valence-electron chi connectivity index (χ3n) is 3.33. The molecule has 0 unspecified atom stereocenters. The number of carbonyl (C=O) groups is 1. The van der Waals surface area contributed by atoms with E-state index in [1.165, 1.54) is 24.3 Å². The molecule has 25 heavy (non-hydrogen) atoms. The van der Waals surface area contributed by atoms with Crippen molar-refractivity contribution in [3.8, 4) is 0 Å². The third-order valence-corrected chi connectivity index (χ3v) is 4.25. The van der Waals surface area contributed by atoms with Crippen molar-refractivity contribution in [2.75, 3.05) is 0 Å². The number of carbonyl (C=O) groups excluding carboxylic acids is 1. The fraction of sp³-hybridized carbons (Fsp3) is 0.188. The van der Waals surface area contributed by atoms with Crippen molar-refractivity contribution >= 4 is 21.6 Å². The van der Waals surface area contributed by atoms with Gasteiger partial charge in [-0.15, -0.1) is 5.11 Å². The average molecular weight is 359 g/mol. The van der Waals surface area contributed by atoms with Gasteiger partial charge in [-0.1, -0.05) is 31.1 Å². The van der Waals surface area contributed by atoms with E-state index in [1.807, 2.05) is 12.1 Å². The highest BCUT2D eigenvalue weighted by molar-refractivity contribution is 7.89. The average Bonchev–Trinajstić information content (AvgIpc) is 2.58. The molecule has 2 aromatic carbocycles. The number of primary sulfonamides is 1. The molecule has 0 aliphatic heterocycles. The Kier molecular flexibility index (Phi) is 5.84. The molecule has 130 valence electrons. The van der Waals surface area contributed by atoms with E-state index in [1.54, 1.807) is 12.1 Å². The van der Waals surface area contributed by atoms with Crippen LogP contribution in [0.25, 0.3) is 0 Å². The quantitative estimate of drug-likeness (QED) is 0.645. The minimum absolute atomic E-state index is 0.0342. The Morgan fingerprint density at radius 2 is 1.56 bits per heavy atom. The number of hydrogen-bond acceptors (Lipinski definition) is 4. The number of amides is 1. The van der Waals surface area contributed by atoms with Gasteiger partial charge < -0.3 is 0 Å². The smallest absolute Gasteiger partial charge is 0.265 e. The molecule has 9 heteroatoms. The van der Waals surface area contributed by atoms with E-state index in [4.69, 9.17) is 5.14 Å². The molecule has 0 heterocycles. The summed E-state index contributed by atoms with van der Waals surface area (Å²) >= 11 is 0. The third kappa shape index (κ3) is 5.37. The zero-order chi connectivity index (χ0) is 18.4. The molecule has 2 aromatic rings. The van der Waals surface area contributed by atoms with Gasteiger partial charge in [0.2, 0.25) is 10.0 Å². The number of hydrogen-bond donors (Lipinski definition) is 1. The van der Waals surface area contributed by atoms with Crippen LogP contribution in [0.3, 0.4) is 0 Å². The summed E-state index contributed by atoms with van der Waals surface area (Å²) in [6.07, 6.45) is 0. The highest BCUT2D eigenvalue weighted by atomic mass is 32.2. The fourth-order valence-electron chi connectivity index (χ4n) is 1.90. The summed E-state index contributed by atoms with van der Waals surface area (Å²) in [5.74, 6) is -0.154. The highest BCUT2D eigenvalue weighted by Crippen LogP contribution is 2.17. The first-order chi connectivity index (χ1) is 11.8. The number of rotatable bonds is 5. The SMILES string of the molecule is CC(C)c1ccc(C(=O)N=NN=Nc2ccc(S(N)(=O)=O)cc2)cc1. The maximum atomic E-state index is 11.8. The van der Waals surface area contributed by atoms with E-state index in [0.29, 0.717) is 17.2 Å². The van der Waals surface area contributed by atoms with Gasteiger partial charge in [-0.25, -0.2) is 13.6 Å². The van der Waals surface area contributed by atoms with Crippen LogP contribution < -0.4 is 5.14 Å². The minimum Gasteiger partial charge on any atom is -0.265 e. The lowest BCUT2D eigenvalue weighted by atomic mass is 10.0. The molecule has 0 radical (unpaired) electrons. The van der Waals surface area contributed by atoms with Crippen molar-refractivity contribution in [1.29, 1.82) is 0 Å². The molecule has 8 nitrogen and oxygen atoms in total. The maximum Gasteiger partial charge on any atom is 0.297 e. The number of sulfonamides is 1. The Hall–Kier alpha value is -2.78. The molecule has 0 aromatic heterocycles. The lowest BCUT2D eigenvalue weighted by Crippen LogP contribution is -2.11. The van der Waals surface area contributed by atoms with Crippen molar-refractivity contribution in [1.82, 2.24) is 0 Å². The second-order valence-electron chi connectivity index (χ2n) is 5.50. The molecule has 0 aliphatic carbocycles. The molecule has 0 saturated heterocycles. The van der Waals surface area contributed by atoms with Gasteiger partial charge in [-0.05, 0) is 58.3 Å². The van der Waals surface area contributed by atoms with Crippen molar-refractivity contribution in [3.05, 3.63) is 59.7 Å². The molecule has 0 bridgehead atoms. The molecular weight excluding hydrogens is 342 g/mol. The minimum atomic E-state index is -3.75. The van der Waals surface area contributed by atoms with Crippen LogP contribution in [0.4, 0.5) is 5.69 Å². The van der Waals surface area contributed by atoms with E-state index in [0.717, 1.165) is 5.56 Å². The van der Waals surface area contributed by atoms with Gasteiger partial charge in [0.25, 0.3) is 5.91 Å². The van der Waals surface area contributed by atoms with Crippen LogP contribution in [0.15, 0.2) is 74.1 Å². The largest absolute Gasteiger partial charge is 0.297 e. The van der Waals surface area contributed by atoms with E-state index in [9.17, 15) is 13.2 Å². The predicted octanol–water partition coefficient (Wildman–Crippen LogP) is 3.75. The summed E-state index contributed by atoms with van der Waals surface area (Å²) in [5, 5.41) is 18.9. The summed E-state index contributed by atoms with van der Waals surface area (Å²) in [7, 11) is -3.75. The maximum absolute atomic E-state index is 11.8. The van der Waals surface area contributed by atoms with Crippen LogP contribution in [0.5, 0.6) is 0 Å². The topological polar surface area (TPSA) is 127 Å². The van der Waals surface area contributed by atoms with Crippen molar-refractivity contribution in [2.24, 2.45) is 25.8 Å². The molecule has 0 saturated carbocycles. The van der Waals surface area contributed by atoms with Crippen molar-refractivity contribution < 1.29 is 13.2 Å². The Balaban J connectivity index is 1.99. The Bertz CT molecular complexity index is 902. The highest BCUT2D eigenvalue weighted by Gasteiger charge is 2.07. The Labute approximate surface area is 145 Å². The first-order valence-electron chi connectivity index (χ1n) is 7.36. The van der Waals surface area contributed by atoms with Crippen LogP contribution >= 0.6 is 0 Å². The molecule has 1 amide bonds. The Morgan fingerprint density at radius 1 is 0.960 bits per heavy atom. The summed E-state index contributed by atoms with van der Waals surface area (Å²) in [6.45, 7) is 4.12. The van der Waals surface area contributed by atoms with E-state index >= 15 is 0 Å². The lowest BCUT2D eigenvalue weighted by Gasteiger charge is -2.04. The van der Waals surface area contributed by atoms with Crippen molar-refractivity contribution in [3.63, 3.8) is 0 Å². The molecule has 0 atom stereocenters. The first-order valence-corrected chi connectivity index (χ1v) is 8.91. The van der Waals surface area contributed by atoms with Crippen molar-refractivity contribution in [2.45, 2.75) is 24.7 Å². The second kappa shape index (κ2) is 7.86. The summed E-state index contributed by atoms with van der Waals surface area (Å²) in [5.41, 5.74) is 1.87. The van der Waals surface area contributed by atoms with E-state index < -0.39 is 15.9 Å². The molecule has 0 spiro atoms. The second-order valence-corrected chi connectivity index (χ2v) is 7.06.